The van der Waals surface area contributed by atoms with Gasteiger partial charge in [0.05, 0.1) is 5.71 Å². The second-order valence-corrected chi connectivity index (χ2v) is 7.34. The standard InChI is InChI=1S/C26H16N2O2/c27-14-20(28)15-6-5-7-16(12-15)24-25-18-9-2-4-11-22(18)29-23(25)13-19-17-8-1-3-10-21(17)30-26(19)24/h1-14,27-28H. The SMILES string of the molecule is N=CC(=N)c1cccc(-c2c3oc4ccccc4c3cc3oc4ccccc4c23)c1. The second kappa shape index (κ2) is 6.16. The van der Waals surface area contributed by atoms with Crippen LogP contribution in [0.4, 0.5) is 0 Å². The van der Waals surface area contributed by atoms with Crippen molar-refractivity contribution in [1.82, 2.24) is 0 Å². The maximum absolute atomic E-state index is 8.07. The summed E-state index contributed by atoms with van der Waals surface area (Å²) in [4.78, 5) is 0. The van der Waals surface area contributed by atoms with Gasteiger partial charge in [0.15, 0.2) is 0 Å². The molecule has 2 aromatic heterocycles. The molecule has 0 radical (unpaired) electrons. The molecular formula is C26H16N2O2. The molecule has 2 N–H and O–H groups in total. The largest absolute Gasteiger partial charge is 0.456 e. The third-order valence-electron chi connectivity index (χ3n) is 5.62. The van der Waals surface area contributed by atoms with Gasteiger partial charge in [0, 0.05) is 38.9 Å². The zero-order chi connectivity index (χ0) is 20.2. The molecule has 0 aliphatic carbocycles. The van der Waals surface area contributed by atoms with Gasteiger partial charge in [-0.15, -0.1) is 0 Å². The van der Waals surface area contributed by atoms with Crippen molar-refractivity contribution in [1.29, 1.82) is 10.8 Å². The summed E-state index contributed by atoms with van der Waals surface area (Å²) in [6.45, 7) is 0. The first-order valence-corrected chi connectivity index (χ1v) is 9.70. The number of nitrogens with one attached hydrogen (secondary N) is 2. The van der Waals surface area contributed by atoms with Crippen molar-refractivity contribution in [3.63, 3.8) is 0 Å². The molecule has 0 bridgehead atoms. The first-order valence-electron chi connectivity index (χ1n) is 9.70. The van der Waals surface area contributed by atoms with Gasteiger partial charge in [-0.05, 0) is 29.8 Å². The predicted molar refractivity (Wildman–Crippen MR) is 122 cm³/mol. The monoisotopic (exact) mass is 388 g/mol. The van der Waals surface area contributed by atoms with E-state index in [0.717, 1.165) is 61.2 Å². The van der Waals surface area contributed by atoms with Crippen molar-refractivity contribution in [2.75, 3.05) is 0 Å². The molecule has 30 heavy (non-hydrogen) atoms. The first-order chi connectivity index (χ1) is 14.7. The van der Waals surface area contributed by atoms with Gasteiger partial charge in [0.2, 0.25) is 0 Å². The van der Waals surface area contributed by atoms with Crippen LogP contribution in [0.15, 0.2) is 87.7 Å². The van der Waals surface area contributed by atoms with Crippen molar-refractivity contribution < 1.29 is 8.83 Å². The molecule has 0 saturated heterocycles. The highest BCUT2D eigenvalue weighted by atomic mass is 16.3. The fourth-order valence-corrected chi connectivity index (χ4v) is 4.26. The molecule has 0 fully saturated rings. The lowest BCUT2D eigenvalue weighted by molar-refractivity contribution is 0.664. The van der Waals surface area contributed by atoms with Crippen molar-refractivity contribution in [3.05, 3.63) is 84.4 Å². The number of hydrogen-bond acceptors (Lipinski definition) is 4. The number of fused-ring (bicyclic) bond motifs is 6. The van der Waals surface area contributed by atoms with E-state index in [0.29, 0.717) is 5.56 Å². The van der Waals surface area contributed by atoms with Crippen LogP contribution < -0.4 is 0 Å². The molecule has 2 heterocycles. The minimum atomic E-state index is 0.168. The molecule has 0 atom stereocenters. The van der Waals surface area contributed by atoms with E-state index in [1.807, 2.05) is 60.7 Å². The van der Waals surface area contributed by atoms with Crippen LogP contribution in [0.1, 0.15) is 5.56 Å². The van der Waals surface area contributed by atoms with Crippen LogP contribution in [0, 0.1) is 10.8 Å². The molecule has 6 rings (SSSR count). The second-order valence-electron chi connectivity index (χ2n) is 7.34. The van der Waals surface area contributed by atoms with Gasteiger partial charge in [0.1, 0.15) is 22.3 Å². The lowest BCUT2D eigenvalue weighted by Gasteiger charge is -2.08. The van der Waals surface area contributed by atoms with Gasteiger partial charge in [-0.25, -0.2) is 0 Å². The molecule has 0 aliphatic rings. The summed E-state index contributed by atoms with van der Waals surface area (Å²) in [5.74, 6) is 0. The van der Waals surface area contributed by atoms with Crippen LogP contribution in [0.5, 0.6) is 0 Å². The lowest BCUT2D eigenvalue weighted by atomic mass is 9.95. The summed E-state index contributed by atoms with van der Waals surface area (Å²) < 4.78 is 12.6. The zero-order valence-electron chi connectivity index (χ0n) is 15.9. The van der Waals surface area contributed by atoms with Crippen LogP contribution in [-0.4, -0.2) is 11.9 Å². The molecule has 0 unspecified atom stereocenters. The predicted octanol–water partition coefficient (Wildman–Crippen LogP) is 7.17. The molecule has 0 saturated carbocycles. The van der Waals surface area contributed by atoms with E-state index in [9.17, 15) is 0 Å². The molecule has 0 spiro atoms. The summed E-state index contributed by atoms with van der Waals surface area (Å²) in [5.41, 5.74) is 6.00. The minimum absolute atomic E-state index is 0.168. The van der Waals surface area contributed by atoms with Crippen LogP contribution in [0.2, 0.25) is 0 Å². The number of para-hydroxylation sites is 2. The molecule has 6 aromatic rings. The highest BCUT2D eigenvalue weighted by Crippen LogP contribution is 2.44. The van der Waals surface area contributed by atoms with Crippen molar-refractivity contribution in [2.24, 2.45) is 0 Å². The normalized spacial score (nSPS) is 11.6. The van der Waals surface area contributed by atoms with Gasteiger partial charge in [-0.2, -0.15) is 0 Å². The van der Waals surface area contributed by atoms with Crippen molar-refractivity contribution in [3.8, 4) is 11.1 Å². The first kappa shape index (κ1) is 16.7. The van der Waals surface area contributed by atoms with Gasteiger partial charge >= 0.3 is 0 Å². The minimum Gasteiger partial charge on any atom is -0.456 e. The maximum atomic E-state index is 8.07. The Morgan fingerprint density at radius 3 is 2.23 bits per heavy atom. The number of rotatable bonds is 3. The molecule has 0 amide bonds. The average Bonchev–Trinajstić information content (AvgIpc) is 3.35. The van der Waals surface area contributed by atoms with Gasteiger partial charge < -0.3 is 14.2 Å². The van der Waals surface area contributed by atoms with Crippen LogP contribution in [0.25, 0.3) is 55.0 Å². The van der Waals surface area contributed by atoms with E-state index in [1.165, 1.54) is 0 Å². The van der Waals surface area contributed by atoms with E-state index < -0.39 is 0 Å². The Hall–Kier alpha value is -4.18. The quantitative estimate of drug-likeness (QED) is 0.315. The number of furan rings is 2. The Kier molecular flexibility index (Phi) is 3.44. The molecular weight excluding hydrogens is 372 g/mol. The molecule has 0 aliphatic heterocycles. The Morgan fingerprint density at radius 1 is 0.700 bits per heavy atom. The fraction of sp³-hybridized carbons (Fsp3) is 0. The molecule has 4 nitrogen and oxygen atoms in total. The summed E-state index contributed by atoms with van der Waals surface area (Å²) in [7, 11) is 0. The third kappa shape index (κ3) is 2.28. The number of benzene rings is 4. The average molecular weight is 388 g/mol. The highest BCUT2D eigenvalue weighted by Gasteiger charge is 2.21. The fourth-order valence-electron chi connectivity index (χ4n) is 4.26. The van der Waals surface area contributed by atoms with Gasteiger partial charge in [-0.1, -0.05) is 54.6 Å². The Bertz CT molecular complexity index is 1630. The Labute approximate surface area is 171 Å². The summed E-state index contributed by atoms with van der Waals surface area (Å²) in [5, 5.41) is 19.6. The van der Waals surface area contributed by atoms with Gasteiger partial charge in [0.25, 0.3) is 0 Å². The number of hydrogen-bond donors (Lipinski definition) is 2. The summed E-state index contributed by atoms with van der Waals surface area (Å²) in [6.07, 6.45) is 1.06. The molecule has 4 heteroatoms. The topological polar surface area (TPSA) is 74.0 Å². The molecule has 4 aromatic carbocycles. The van der Waals surface area contributed by atoms with E-state index >= 15 is 0 Å². The van der Waals surface area contributed by atoms with E-state index in [1.54, 1.807) is 0 Å². The van der Waals surface area contributed by atoms with Gasteiger partial charge in [-0.3, -0.25) is 5.41 Å². The summed E-state index contributed by atoms with van der Waals surface area (Å²) >= 11 is 0. The highest BCUT2D eigenvalue weighted by molar-refractivity contribution is 6.36. The van der Waals surface area contributed by atoms with Crippen LogP contribution in [0.3, 0.4) is 0 Å². The third-order valence-corrected chi connectivity index (χ3v) is 5.62. The molecule has 142 valence electrons. The Morgan fingerprint density at radius 2 is 1.43 bits per heavy atom. The zero-order valence-corrected chi connectivity index (χ0v) is 15.9. The Balaban J connectivity index is 1.84. The van der Waals surface area contributed by atoms with Crippen molar-refractivity contribution in [2.45, 2.75) is 0 Å². The maximum Gasteiger partial charge on any atom is 0.144 e. The lowest BCUT2D eigenvalue weighted by Crippen LogP contribution is -1.99. The van der Waals surface area contributed by atoms with Crippen molar-refractivity contribution >= 4 is 55.8 Å². The van der Waals surface area contributed by atoms with Crippen LogP contribution >= 0.6 is 0 Å². The van der Waals surface area contributed by atoms with E-state index in [-0.39, 0.29) is 5.71 Å². The van der Waals surface area contributed by atoms with E-state index in [4.69, 9.17) is 19.7 Å². The van der Waals surface area contributed by atoms with Crippen LogP contribution in [-0.2, 0) is 0 Å². The smallest absolute Gasteiger partial charge is 0.144 e. The van der Waals surface area contributed by atoms with E-state index in [2.05, 4.69) is 18.2 Å². The summed E-state index contributed by atoms with van der Waals surface area (Å²) in [6, 6.07) is 25.8.